The lowest BCUT2D eigenvalue weighted by Crippen LogP contribution is -2.03. The topological polar surface area (TPSA) is 66.9 Å². The predicted molar refractivity (Wildman–Crippen MR) is 105 cm³/mol. The van der Waals surface area contributed by atoms with E-state index in [0.717, 1.165) is 22.3 Å². The van der Waals surface area contributed by atoms with Gasteiger partial charge < -0.3 is 9.98 Å². The first-order valence-corrected chi connectivity index (χ1v) is 8.03. The molecule has 0 fully saturated rings. The summed E-state index contributed by atoms with van der Waals surface area (Å²) < 4.78 is 1.98. The second-order valence-electron chi connectivity index (χ2n) is 5.60. The zero-order valence-corrected chi connectivity index (χ0v) is 15.0. The molecule has 5 nitrogen and oxygen atoms in total. The molecule has 0 atom stereocenters. The lowest BCUT2D eigenvalue weighted by atomic mass is 10.1. The summed E-state index contributed by atoms with van der Waals surface area (Å²) in [6.07, 6.45) is 9.75. The molecule has 0 bridgehead atoms. The van der Waals surface area contributed by atoms with Crippen LogP contribution in [0.5, 0.6) is 0 Å². The van der Waals surface area contributed by atoms with Gasteiger partial charge in [-0.05, 0) is 56.8 Å². The van der Waals surface area contributed by atoms with Gasteiger partial charge in [0, 0.05) is 0 Å². The average Bonchev–Trinajstić information content (AvgIpc) is 3.01. The summed E-state index contributed by atoms with van der Waals surface area (Å²) >= 11 is 0. The molecule has 0 aliphatic heterocycles. The minimum atomic E-state index is 0.435. The molecule has 2 heterocycles. The number of nitrogens with one attached hydrogen (secondary N) is 1. The van der Waals surface area contributed by atoms with Gasteiger partial charge in [0.25, 0.3) is 0 Å². The Morgan fingerprint density at radius 1 is 1.36 bits per heavy atom. The van der Waals surface area contributed by atoms with Crippen molar-refractivity contribution in [3.8, 4) is 0 Å². The molecule has 0 saturated heterocycles. The van der Waals surface area contributed by atoms with E-state index < -0.39 is 0 Å². The molecule has 0 radical (unpaired) electrons. The maximum Gasteiger partial charge on any atom is 0.160 e. The fourth-order valence-corrected chi connectivity index (χ4v) is 2.38. The standard InChI is InChI=1S/C20H23N5/c1-6-8-17(15(4)22-5)11-16(7-2)12-25-13-23-19-10-9-18(14(3)21)24-20(19)25/h6-11,13,21H,4-5,12H2,1-3H3/b8-6-,16-7+,17-11-,21-14?. The number of pyridine rings is 1. The van der Waals surface area contributed by atoms with Crippen molar-refractivity contribution in [3.05, 3.63) is 71.9 Å². The van der Waals surface area contributed by atoms with E-state index >= 15 is 0 Å². The molecular weight excluding hydrogens is 310 g/mol. The van der Waals surface area contributed by atoms with Crippen LogP contribution in [0.4, 0.5) is 0 Å². The van der Waals surface area contributed by atoms with Crippen LogP contribution in [0.3, 0.4) is 0 Å². The van der Waals surface area contributed by atoms with Crippen molar-refractivity contribution in [2.75, 3.05) is 0 Å². The SMILES string of the molecule is C=NC(=C)C(/C=C\C)=C\C(=C/C)Cn1cnc2ccc(C(C)=N)nc21. The lowest BCUT2D eigenvalue weighted by molar-refractivity contribution is 0.811. The number of aliphatic imine (C=N–C) groups is 1. The van der Waals surface area contributed by atoms with Gasteiger partial charge in [-0.25, -0.2) is 9.97 Å². The molecule has 0 aliphatic carbocycles. The number of hydrogen-bond acceptors (Lipinski definition) is 4. The summed E-state index contributed by atoms with van der Waals surface area (Å²) in [5.41, 5.74) is 5.30. The van der Waals surface area contributed by atoms with Crippen LogP contribution in [0.25, 0.3) is 11.2 Å². The van der Waals surface area contributed by atoms with Gasteiger partial charge in [-0.15, -0.1) is 0 Å². The van der Waals surface area contributed by atoms with E-state index in [1.54, 1.807) is 13.3 Å². The average molecular weight is 333 g/mol. The van der Waals surface area contributed by atoms with Crippen molar-refractivity contribution in [3.63, 3.8) is 0 Å². The molecule has 0 aromatic carbocycles. The number of hydrogen-bond donors (Lipinski definition) is 1. The zero-order chi connectivity index (χ0) is 18.4. The molecule has 1 N–H and O–H groups in total. The van der Waals surface area contributed by atoms with E-state index in [1.165, 1.54) is 0 Å². The summed E-state index contributed by atoms with van der Waals surface area (Å²) in [5, 5.41) is 7.77. The Labute approximate surface area is 148 Å². The van der Waals surface area contributed by atoms with E-state index in [1.807, 2.05) is 54.9 Å². The van der Waals surface area contributed by atoms with Gasteiger partial charge in [0.15, 0.2) is 5.65 Å². The van der Waals surface area contributed by atoms with Crippen molar-refractivity contribution in [2.24, 2.45) is 4.99 Å². The number of fused-ring (bicyclic) bond motifs is 1. The van der Waals surface area contributed by atoms with Crippen LogP contribution in [0.15, 0.2) is 71.2 Å². The van der Waals surface area contributed by atoms with Crippen molar-refractivity contribution in [1.29, 1.82) is 5.41 Å². The Morgan fingerprint density at radius 2 is 2.12 bits per heavy atom. The van der Waals surface area contributed by atoms with E-state index in [2.05, 4.69) is 28.3 Å². The van der Waals surface area contributed by atoms with Gasteiger partial charge in [-0.1, -0.05) is 24.8 Å². The van der Waals surface area contributed by atoms with Crippen molar-refractivity contribution in [1.82, 2.24) is 14.5 Å². The predicted octanol–water partition coefficient (Wildman–Crippen LogP) is 4.48. The number of imidazole rings is 1. The minimum Gasteiger partial charge on any atom is -0.311 e. The first-order chi connectivity index (χ1) is 12.0. The van der Waals surface area contributed by atoms with Crippen LogP contribution >= 0.6 is 0 Å². The largest absolute Gasteiger partial charge is 0.311 e. The van der Waals surface area contributed by atoms with Crippen molar-refractivity contribution >= 4 is 23.6 Å². The quantitative estimate of drug-likeness (QED) is 0.599. The van der Waals surface area contributed by atoms with E-state index in [4.69, 9.17) is 5.41 Å². The molecule has 128 valence electrons. The molecule has 2 aromatic rings. The summed E-state index contributed by atoms with van der Waals surface area (Å²) in [6.45, 7) is 13.8. The number of nitrogens with zero attached hydrogens (tertiary/aromatic N) is 4. The van der Waals surface area contributed by atoms with Gasteiger partial charge in [0.2, 0.25) is 0 Å². The molecule has 0 amide bonds. The first kappa shape index (κ1) is 18.3. The third kappa shape index (κ3) is 4.26. The van der Waals surface area contributed by atoms with Crippen LogP contribution in [0.1, 0.15) is 26.5 Å². The molecule has 2 aromatic heterocycles. The molecular formula is C20H23N5. The van der Waals surface area contributed by atoms with Crippen LogP contribution in [0.2, 0.25) is 0 Å². The first-order valence-electron chi connectivity index (χ1n) is 8.03. The molecule has 25 heavy (non-hydrogen) atoms. The van der Waals surface area contributed by atoms with Crippen LogP contribution < -0.4 is 0 Å². The fraction of sp³-hybridized carbons (Fsp3) is 0.200. The van der Waals surface area contributed by atoms with Gasteiger partial charge in [0.1, 0.15) is 5.52 Å². The highest BCUT2D eigenvalue weighted by molar-refractivity contribution is 5.95. The lowest BCUT2D eigenvalue weighted by Gasteiger charge is -2.08. The molecule has 0 unspecified atom stereocenters. The van der Waals surface area contributed by atoms with E-state index in [0.29, 0.717) is 23.6 Å². The summed E-state index contributed by atoms with van der Waals surface area (Å²) in [4.78, 5) is 12.9. The second kappa shape index (κ2) is 8.15. The molecule has 0 saturated carbocycles. The van der Waals surface area contributed by atoms with Gasteiger partial charge in [-0.2, -0.15) is 0 Å². The molecule has 5 heteroatoms. The highest BCUT2D eigenvalue weighted by Crippen LogP contribution is 2.18. The van der Waals surface area contributed by atoms with Crippen LogP contribution in [-0.2, 0) is 6.54 Å². The van der Waals surface area contributed by atoms with Gasteiger partial charge in [0.05, 0.1) is 30.0 Å². The third-order valence-electron chi connectivity index (χ3n) is 3.78. The number of rotatable bonds is 7. The van der Waals surface area contributed by atoms with E-state index in [9.17, 15) is 0 Å². The maximum atomic E-state index is 7.77. The van der Waals surface area contributed by atoms with Gasteiger partial charge >= 0.3 is 0 Å². The highest BCUT2D eigenvalue weighted by atomic mass is 15.1. The summed E-state index contributed by atoms with van der Waals surface area (Å²) in [6, 6.07) is 3.72. The Balaban J connectivity index is 2.40. The second-order valence-corrected chi connectivity index (χ2v) is 5.60. The summed E-state index contributed by atoms with van der Waals surface area (Å²) in [5.74, 6) is 0. The smallest absolute Gasteiger partial charge is 0.160 e. The molecule has 0 aliphatic rings. The van der Waals surface area contributed by atoms with E-state index in [-0.39, 0.29) is 0 Å². The number of allylic oxidation sites excluding steroid dienone is 5. The normalized spacial score (nSPS) is 12.8. The molecule has 0 spiro atoms. The number of aromatic nitrogens is 3. The van der Waals surface area contributed by atoms with Gasteiger partial charge in [-0.3, -0.25) is 4.99 Å². The Hall–Kier alpha value is -3.08. The monoisotopic (exact) mass is 333 g/mol. The van der Waals surface area contributed by atoms with Crippen LogP contribution in [-0.4, -0.2) is 27.0 Å². The Kier molecular flexibility index (Phi) is 5.95. The highest BCUT2D eigenvalue weighted by Gasteiger charge is 2.08. The van der Waals surface area contributed by atoms with Crippen LogP contribution in [0, 0.1) is 5.41 Å². The Morgan fingerprint density at radius 3 is 2.72 bits per heavy atom. The minimum absolute atomic E-state index is 0.435. The van der Waals surface area contributed by atoms with Crippen molar-refractivity contribution < 1.29 is 0 Å². The maximum absolute atomic E-state index is 7.77. The third-order valence-corrected chi connectivity index (χ3v) is 3.78. The zero-order valence-electron chi connectivity index (χ0n) is 15.0. The fourth-order valence-electron chi connectivity index (χ4n) is 2.38. The van der Waals surface area contributed by atoms with Crippen molar-refractivity contribution in [2.45, 2.75) is 27.3 Å². The molecule has 2 rings (SSSR count). The summed E-state index contributed by atoms with van der Waals surface area (Å²) in [7, 11) is 0. The Bertz CT molecular complexity index is 909.